The molecule has 0 aromatic heterocycles. The highest BCUT2D eigenvalue weighted by Gasteiger charge is 2.35. The van der Waals surface area contributed by atoms with Crippen molar-refractivity contribution in [1.82, 2.24) is 9.91 Å². The van der Waals surface area contributed by atoms with Gasteiger partial charge in [0, 0.05) is 37.6 Å². The van der Waals surface area contributed by atoms with Gasteiger partial charge in [0.25, 0.3) is 5.91 Å². The molecule has 0 radical (unpaired) electrons. The number of para-hydroxylation sites is 1. The summed E-state index contributed by atoms with van der Waals surface area (Å²) in [5.41, 5.74) is 2.51. The van der Waals surface area contributed by atoms with Crippen molar-refractivity contribution in [2.45, 2.75) is 25.8 Å². The molecular weight excluding hydrogens is 422 g/mol. The van der Waals surface area contributed by atoms with Crippen LogP contribution >= 0.6 is 0 Å². The van der Waals surface area contributed by atoms with Crippen molar-refractivity contribution in [3.63, 3.8) is 0 Å². The van der Waals surface area contributed by atoms with Gasteiger partial charge in [0.15, 0.2) is 0 Å². The Morgan fingerprint density at radius 3 is 2.58 bits per heavy atom. The lowest BCUT2D eigenvalue weighted by Gasteiger charge is -2.27. The summed E-state index contributed by atoms with van der Waals surface area (Å²) in [6.07, 6.45) is 0.824. The van der Waals surface area contributed by atoms with Crippen molar-refractivity contribution >= 4 is 17.5 Å². The number of nitrogens with zero attached hydrogens (tertiary/aromatic N) is 3. The van der Waals surface area contributed by atoms with Gasteiger partial charge in [-0.2, -0.15) is 5.10 Å². The molecule has 1 atom stereocenters. The smallest absolute Gasteiger partial charge is 0.262 e. The van der Waals surface area contributed by atoms with Crippen LogP contribution in [0.4, 0.5) is 0 Å². The molecule has 2 aromatic carbocycles. The molecule has 3 rings (SSSR count). The molecule has 0 spiro atoms. The SMILES string of the molecule is CCC(=O)N(CCOC)CC(=O)N1N=C(c2cccc(OC)c2)CC1c1ccccc1OC. The molecule has 0 saturated carbocycles. The van der Waals surface area contributed by atoms with Crippen LogP contribution in [0.15, 0.2) is 53.6 Å². The monoisotopic (exact) mass is 453 g/mol. The Balaban J connectivity index is 1.95. The third-order valence-corrected chi connectivity index (χ3v) is 5.61. The standard InChI is InChI=1S/C25H31N3O5/c1-5-24(29)27(13-14-31-2)17-25(30)28-22(20-11-6-7-12-23(20)33-4)16-21(26-28)18-9-8-10-19(15-18)32-3/h6-12,15,22H,5,13-14,16-17H2,1-4H3. The van der Waals surface area contributed by atoms with Crippen molar-refractivity contribution in [3.8, 4) is 11.5 Å². The van der Waals surface area contributed by atoms with E-state index >= 15 is 0 Å². The lowest BCUT2D eigenvalue weighted by Crippen LogP contribution is -2.42. The number of hydrazone groups is 1. The second-order valence-electron chi connectivity index (χ2n) is 7.64. The van der Waals surface area contributed by atoms with Crippen LogP contribution in [0.1, 0.15) is 36.9 Å². The minimum absolute atomic E-state index is 0.0728. The molecule has 0 saturated heterocycles. The Hall–Kier alpha value is -3.39. The number of ether oxygens (including phenoxy) is 3. The quantitative estimate of drug-likeness (QED) is 0.552. The predicted molar refractivity (Wildman–Crippen MR) is 125 cm³/mol. The molecule has 2 amide bonds. The lowest BCUT2D eigenvalue weighted by atomic mass is 9.97. The maximum atomic E-state index is 13.4. The zero-order chi connectivity index (χ0) is 23.8. The first kappa shape index (κ1) is 24.3. The molecule has 1 aliphatic heterocycles. The molecule has 33 heavy (non-hydrogen) atoms. The van der Waals surface area contributed by atoms with Crippen molar-refractivity contribution in [2.24, 2.45) is 5.10 Å². The van der Waals surface area contributed by atoms with Crippen molar-refractivity contribution < 1.29 is 23.8 Å². The second kappa shape index (κ2) is 11.5. The van der Waals surface area contributed by atoms with Gasteiger partial charge in [-0.05, 0) is 18.2 Å². The number of hydrogen-bond donors (Lipinski definition) is 0. The molecule has 0 N–H and O–H groups in total. The average Bonchev–Trinajstić information content (AvgIpc) is 3.31. The molecule has 1 aliphatic rings. The molecular formula is C25H31N3O5. The Morgan fingerprint density at radius 2 is 1.88 bits per heavy atom. The fourth-order valence-corrected chi connectivity index (χ4v) is 3.85. The van der Waals surface area contributed by atoms with Crippen LogP contribution in [-0.4, -0.2) is 68.5 Å². The van der Waals surface area contributed by atoms with Gasteiger partial charge in [0.1, 0.15) is 18.0 Å². The largest absolute Gasteiger partial charge is 0.497 e. The minimum atomic E-state index is -0.351. The number of amides is 2. The molecule has 8 nitrogen and oxygen atoms in total. The molecule has 176 valence electrons. The maximum Gasteiger partial charge on any atom is 0.262 e. The highest BCUT2D eigenvalue weighted by Crippen LogP contribution is 2.37. The zero-order valence-electron chi connectivity index (χ0n) is 19.6. The maximum absolute atomic E-state index is 13.4. The van der Waals surface area contributed by atoms with Crippen LogP contribution < -0.4 is 9.47 Å². The van der Waals surface area contributed by atoms with Crippen molar-refractivity contribution in [2.75, 3.05) is 41.0 Å². The summed E-state index contributed by atoms with van der Waals surface area (Å²) >= 11 is 0. The Kier molecular flexibility index (Phi) is 8.43. The van der Waals surface area contributed by atoms with Gasteiger partial charge < -0.3 is 19.1 Å². The Bertz CT molecular complexity index is 1010. The van der Waals surface area contributed by atoms with E-state index in [-0.39, 0.29) is 24.4 Å². The van der Waals surface area contributed by atoms with E-state index in [0.29, 0.717) is 37.5 Å². The summed E-state index contributed by atoms with van der Waals surface area (Å²) in [6.45, 7) is 2.40. The van der Waals surface area contributed by atoms with Gasteiger partial charge in [-0.3, -0.25) is 9.59 Å². The van der Waals surface area contributed by atoms with E-state index < -0.39 is 0 Å². The Labute approximate surface area is 194 Å². The van der Waals surface area contributed by atoms with Crippen LogP contribution in [0.3, 0.4) is 0 Å². The zero-order valence-corrected chi connectivity index (χ0v) is 19.6. The first-order chi connectivity index (χ1) is 16.0. The number of methoxy groups -OCH3 is 3. The summed E-state index contributed by atoms with van der Waals surface area (Å²) in [4.78, 5) is 27.4. The van der Waals surface area contributed by atoms with E-state index in [1.54, 1.807) is 28.3 Å². The summed E-state index contributed by atoms with van der Waals surface area (Å²) in [5, 5.41) is 6.19. The molecule has 8 heteroatoms. The minimum Gasteiger partial charge on any atom is -0.497 e. The van der Waals surface area contributed by atoms with Gasteiger partial charge in [-0.15, -0.1) is 0 Å². The third-order valence-electron chi connectivity index (χ3n) is 5.61. The van der Waals surface area contributed by atoms with E-state index in [1.165, 1.54) is 9.91 Å². The lowest BCUT2D eigenvalue weighted by molar-refractivity contribution is -0.141. The normalized spacial score (nSPS) is 15.2. The van der Waals surface area contributed by atoms with Crippen LogP contribution in [0.5, 0.6) is 11.5 Å². The van der Waals surface area contributed by atoms with Crippen LogP contribution in [0.2, 0.25) is 0 Å². The number of carbonyl (C=O) groups is 2. The first-order valence-corrected chi connectivity index (χ1v) is 11.0. The van der Waals surface area contributed by atoms with Crippen LogP contribution in [0.25, 0.3) is 0 Å². The van der Waals surface area contributed by atoms with E-state index in [9.17, 15) is 9.59 Å². The summed E-state index contributed by atoms with van der Waals surface area (Å²) < 4.78 is 16.0. The molecule has 0 fully saturated rings. The van der Waals surface area contributed by atoms with E-state index in [2.05, 4.69) is 0 Å². The molecule has 0 aliphatic carbocycles. The summed E-state index contributed by atoms with van der Waals surface area (Å²) in [5.74, 6) is 1.03. The number of rotatable bonds is 10. The Morgan fingerprint density at radius 1 is 1.09 bits per heavy atom. The third kappa shape index (κ3) is 5.70. The highest BCUT2D eigenvalue weighted by atomic mass is 16.5. The van der Waals surface area contributed by atoms with E-state index in [4.69, 9.17) is 19.3 Å². The van der Waals surface area contributed by atoms with E-state index in [1.807, 2.05) is 48.5 Å². The first-order valence-electron chi connectivity index (χ1n) is 11.0. The van der Waals surface area contributed by atoms with Gasteiger partial charge in [0.05, 0.1) is 32.6 Å². The number of carbonyl (C=O) groups excluding carboxylic acids is 2. The van der Waals surface area contributed by atoms with Gasteiger partial charge in [-0.25, -0.2) is 5.01 Å². The second-order valence-corrected chi connectivity index (χ2v) is 7.64. The van der Waals surface area contributed by atoms with Crippen molar-refractivity contribution in [3.05, 3.63) is 59.7 Å². The van der Waals surface area contributed by atoms with Crippen LogP contribution in [-0.2, 0) is 14.3 Å². The van der Waals surface area contributed by atoms with Gasteiger partial charge >= 0.3 is 0 Å². The fraction of sp³-hybridized carbons (Fsp3) is 0.400. The predicted octanol–water partition coefficient (Wildman–Crippen LogP) is 3.27. The fourth-order valence-electron chi connectivity index (χ4n) is 3.85. The number of hydrogen-bond acceptors (Lipinski definition) is 6. The highest BCUT2D eigenvalue weighted by molar-refractivity contribution is 6.03. The van der Waals surface area contributed by atoms with Gasteiger partial charge in [-0.1, -0.05) is 37.3 Å². The van der Waals surface area contributed by atoms with Gasteiger partial charge in [0.2, 0.25) is 5.91 Å². The number of benzene rings is 2. The molecule has 1 heterocycles. The molecule has 1 unspecified atom stereocenters. The van der Waals surface area contributed by atoms with E-state index in [0.717, 1.165) is 16.8 Å². The topological polar surface area (TPSA) is 80.7 Å². The van der Waals surface area contributed by atoms with Crippen LogP contribution in [0, 0.1) is 0 Å². The van der Waals surface area contributed by atoms with Crippen molar-refractivity contribution in [1.29, 1.82) is 0 Å². The molecule has 2 aromatic rings. The summed E-state index contributed by atoms with van der Waals surface area (Å²) in [6, 6.07) is 14.9. The average molecular weight is 454 g/mol. The molecule has 0 bridgehead atoms. The summed E-state index contributed by atoms with van der Waals surface area (Å²) in [7, 11) is 4.79.